The lowest BCUT2D eigenvalue weighted by Crippen LogP contribution is -2.40. The Morgan fingerprint density at radius 3 is 2.69 bits per heavy atom. The zero-order valence-electron chi connectivity index (χ0n) is 18.4. The lowest BCUT2D eigenvalue weighted by Gasteiger charge is -2.13. The number of rotatable bonds is 7. The minimum absolute atomic E-state index is 0.0709. The summed E-state index contributed by atoms with van der Waals surface area (Å²) >= 11 is 1.04. The average Bonchev–Trinajstić information content (AvgIpc) is 3.24. The number of hydrogen-bond donors (Lipinski definition) is 2. The van der Waals surface area contributed by atoms with Crippen molar-refractivity contribution < 1.29 is 22.7 Å². The molecule has 2 heterocycles. The smallest absolute Gasteiger partial charge is 0.406 e. The number of nitrogen functional groups attached to an aromatic ring is 1. The highest BCUT2D eigenvalue weighted by Crippen LogP contribution is 2.30. The highest BCUT2D eigenvalue weighted by Gasteiger charge is 2.31. The van der Waals surface area contributed by atoms with Gasteiger partial charge in [-0.05, 0) is 24.4 Å². The summed E-state index contributed by atoms with van der Waals surface area (Å²) in [6.07, 6.45) is -3.99. The van der Waals surface area contributed by atoms with Gasteiger partial charge >= 0.3 is 12.1 Å². The molecule has 10 nitrogen and oxygen atoms in total. The number of nitrogens with one attached hydrogen (secondary N) is 1. The second-order valence-corrected chi connectivity index (χ2v) is 8.00. The maximum absolute atomic E-state index is 12.7. The van der Waals surface area contributed by atoms with Gasteiger partial charge in [0.1, 0.15) is 11.6 Å². The van der Waals surface area contributed by atoms with Crippen LogP contribution in [0.4, 0.5) is 24.1 Å². The SMILES string of the molecule is C=N/C=C(/CC(=O)Nc1nc(-c2cccc(OC(F)(F)F)c2)cs1)c1c(N)n(C)c(=O)n(C)c1=O. The van der Waals surface area contributed by atoms with Crippen LogP contribution in [0.25, 0.3) is 16.8 Å². The van der Waals surface area contributed by atoms with Crippen molar-refractivity contribution in [2.24, 2.45) is 19.1 Å². The maximum Gasteiger partial charge on any atom is 0.573 e. The standard InChI is InChI=1S/C21H19F3N6O4S/c1-26-9-12(16-17(25)29(2)20(33)30(3)18(16)32)8-15(31)28-19-27-14(10-35-19)11-5-4-6-13(7-11)34-21(22,23)24/h4-7,9-10H,1,8,25H2,2-3H3,(H,27,28,31)/b12-9-. The van der Waals surface area contributed by atoms with E-state index in [-0.39, 0.29) is 28.5 Å². The van der Waals surface area contributed by atoms with Gasteiger partial charge in [0.05, 0.1) is 17.7 Å². The van der Waals surface area contributed by atoms with E-state index in [0.717, 1.165) is 26.5 Å². The molecule has 0 aliphatic carbocycles. The molecule has 0 atom stereocenters. The van der Waals surface area contributed by atoms with Crippen LogP contribution in [0.1, 0.15) is 12.0 Å². The first-order chi connectivity index (χ1) is 16.4. The number of aliphatic imine (C=N–C) groups is 1. The van der Waals surface area contributed by atoms with Gasteiger partial charge in [-0.15, -0.1) is 24.5 Å². The molecule has 14 heteroatoms. The van der Waals surface area contributed by atoms with Gasteiger partial charge in [-0.25, -0.2) is 9.78 Å². The van der Waals surface area contributed by atoms with Crippen molar-refractivity contribution >= 4 is 40.5 Å². The highest BCUT2D eigenvalue weighted by molar-refractivity contribution is 7.14. The Balaban J connectivity index is 1.82. The quantitative estimate of drug-likeness (QED) is 0.472. The highest BCUT2D eigenvalue weighted by atomic mass is 32.1. The molecule has 35 heavy (non-hydrogen) atoms. The molecule has 3 N–H and O–H groups in total. The van der Waals surface area contributed by atoms with Crippen LogP contribution in [0.3, 0.4) is 0 Å². The van der Waals surface area contributed by atoms with Crippen LogP contribution < -0.4 is 27.0 Å². The zero-order valence-corrected chi connectivity index (χ0v) is 19.2. The molecule has 0 saturated heterocycles. The van der Waals surface area contributed by atoms with Crippen LogP contribution in [0, 0.1) is 0 Å². The summed E-state index contributed by atoms with van der Waals surface area (Å²) in [7, 11) is 2.66. The molecule has 0 radical (unpaired) electrons. The van der Waals surface area contributed by atoms with E-state index in [0.29, 0.717) is 11.3 Å². The zero-order chi connectivity index (χ0) is 25.9. The summed E-state index contributed by atoms with van der Waals surface area (Å²) in [6, 6.07) is 5.25. The Kier molecular flexibility index (Phi) is 7.24. The van der Waals surface area contributed by atoms with E-state index in [4.69, 9.17) is 5.73 Å². The van der Waals surface area contributed by atoms with Crippen molar-refractivity contribution in [3.8, 4) is 17.0 Å². The fraction of sp³-hybridized carbons (Fsp3) is 0.190. The summed E-state index contributed by atoms with van der Waals surface area (Å²) < 4.78 is 43.3. The molecule has 0 aliphatic heterocycles. The van der Waals surface area contributed by atoms with Crippen molar-refractivity contribution in [1.29, 1.82) is 0 Å². The molecule has 184 valence electrons. The number of thiazole rings is 1. The van der Waals surface area contributed by atoms with E-state index in [1.165, 1.54) is 32.4 Å². The van der Waals surface area contributed by atoms with Crippen LogP contribution >= 0.6 is 11.3 Å². The molecule has 0 unspecified atom stereocenters. The van der Waals surface area contributed by atoms with Gasteiger partial charge in [-0.3, -0.25) is 23.7 Å². The summed E-state index contributed by atoms with van der Waals surface area (Å²) in [4.78, 5) is 45.2. The van der Waals surface area contributed by atoms with Crippen molar-refractivity contribution in [3.05, 3.63) is 62.2 Å². The van der Waals surface area contributed by atoms with Crippen molar-refractivity contribution in [1.82, 2.24) is 14.1 Å². The normalized spacial score (nSPS) is 11.9. The molecule has 0 aliphatic rings. The Hall–Kier alpha value is -4.20. The number of alkyl halides is 3. The molecule has 1 amide bonds. The number of nitrogens with two attached hydrogens (primary N) is 1. The first-order valence-corrected chi connectivity index (χ1v) is 10.6. The monoisotopic (exact) mass is 508 g/mol. The Morgan fingerprint density at radius 1 is 1.31 bits per heavy atom. The lowest BCUT2D eigenvalue weighted by atomic mass is 10.1. The summed E-state index contributed by atoms with van der Waals surface area (Å²) in [5, 5.41) is 4.27. The predicted molar refractivity (Wildman–Crippen MR) is 126 cm³/mol. The third-order valence-corrected chi connectivity index (χ3v) is 5.50. The van der Waals surface area contributed by atoms with Crippen LogP contribution in [0.5, 0.6) is 5.75 Å². The lowest BCUT2D eigenvalue weighted by molar-refractivity contribution is -0.274. The molecular formula is C21H19F3N6O4S. The molecule has 0 spiro atoms. The fourth-order valence-electron chi connectivity index (χ4n) is 3.12. The number of ether oxygens (including phenoxy) is 1. The van der Waals surface area contributed by atoms with E-state index in [9.17, 15) is 27.6 Å². The summed E-state index contributed by atoms with van der Waals surface area (Å²) in [5.74, 6) is -1.12. The van der Waals surface area contributed by atoms with Crippen molar-refractivity contribution in [2.75, 3.05) is 11.1 Å². The molecule has 3 aromatic rings. The first kappa shape index (κ1) is 25.4. The largest absolute Gasteiger partial charge is 0.573 e. The van der Waals surface area contributed by atoms with Crippen LogP contribution in [0.15, 0.2) is 50.4 Å². The summed E-state index contributed by atoms with van der Waals surface area (Å²) in [6.45, 7) is 3.34. The third-order valence-electron chi connectivity index (χ3n) is 4.74. The van der Waals surface area contributed by atoms with Gasteiger partial charge in [-0.1, -0.05) is 12.1 Å². The molecule has 2 aromatic heterocycles. The molecule has 0 saturated carbocycles. The Bertz CT molecular complexity index is 1440. The second-order valence-electron chi connectivity index (χ2n) is 7.14. The molecule has 0 fully saturated rings. The second kappa shape index (κ2) is 9.97. The van der Waals surface area contributed by atoms with Crippen LogP contribution in [0.2, 0.25) is 0 Å². The van der Waals surface area contributed by atoms with Gasteiger partial charge in [0.2, 0.25) is 5.91 Å². The number of anilines is 2. The average molecular weight is 508 g/mol. The maximum atomic E-state index is 12.7. The number of carbonyl (C=O) groups excluding carboxylic acids is 1. The van der Waals surface area contributed by atoms with Gasteiger partial charge in [-0.2, -0.15) is 0 Å². The number of carbonyl (C=O) groups is 1. The van der Waals surface area contributed by atoms with Gasteiger partial charge in [0.15, 0.2) is 5.13 Å². The number of benzene rings is 1. The molecular weight excluding hydrogens is 489 g/mol. The van der Waals surface area contributed by atoms with Gasteiger partial charge in [0, 0.05) is 31.2 Å². The summed E-state index contributed by atoms with van der Waals surface area (Å²) in [5.41, 5.74) is 5.34. The minimum Gasteiger partial charge on any atom is -0.406 e. The number of hydrogen-bond acceptors (Lipinski definition) is 8. The Morgan fingerprint density at radius 2 is 2.03 bits per heavy atom. The molecule has 1 aromatic carbocycles. The number of amides is 1. The topological polar surface area (TPSA) is 134 Å². The molecule has 3 rings (SSSR count). The van der Waals surface area contributed by atoms with Gasteiger partial charge in [0.25, 0.3) is 5.56 Å². The van der Waals surface area contributed by atoms with Crippen molar-refractivity contribution in [2.45, 2.75) is 12.8 Å². The van der Waals surface area contributed by atoms with E-state index >= 15 is 0 Å². The first-order valence-electron chi connectivity index (χ1n) is 9.73. The fourth-order valence-corrected chi connectivity index (χ4v) is 3.86. The number of halogens is 3. The van der Waals surface area contributed by atoms with Gasteiger partial charge < -0.3 is 15.8 Å². The predicted octanol–water partition coefficient (Wildman–Crippen LogP) is 2.76. The minimum atomic E-state index is -4.83. The number of nitrogens with zero attached hydrogens (tertiary/aromatic N) is 4. The van der Waals surface area contributed by atoms with Crippen LogP contribution in [-0.4, -0.2) is 33.1 Å². The van der Waals surface area contributed by atoms with Crippen molar-refractivity contribution in [3.63, 3.8) is 0 Å². The van der Waals surface area contributed by atoms with E-state index in [2.05, 4.69) is 26.7 Å². The molecule has 0 bridgehead atoms. The van der Waals surface area contributed by atoms with Crippen LogP contribution in [-0.2, 0) is 18.9 Å². The Labute approximate surface area is 199 Å². The van der Waals surface area contributed by atoms with E-state index < -0.39 is 29.3 Å². The number of aromatic nitrogens is 3. The van der Waals surface area contributed by atoms with E-state index in [1.807, 2.05) is 0 Å². The third kappa shape index (κ3) is 5.84. The van der Waals surface area contributed by atoms with E-state index in [1.54, 1.807) is 11.4 Å².